The Labute approximate surface area is 119 Å². The number of carboxylic acids is 1. The number of carbonyl (C=O) groups excluding carboxylic acids is 1. The predicted molar refractivity (Wildman–Crippen MR) is 74.9 cm³/mol. The van der Waals surface area contributed by atoms with Crippen molar-refractivity contribution in [3.05, 3.63) is 45.4 Å². The first-order chi connectivity index (χ1) is 9.52. The summed E-state index contributed by atoms with van der Waals surface area (Å²) in [5, 5.41) is 9.67. The maximum Gasteiger partial charge on any atom is 0.348 e. The molecule has 0 bridgehead atoms. The number of hydrogen-bond acceptors (Lipinski definition) is 5. The number of benzene rings is 1. The van der Waals surface area contributed by atoms with Gasteiger partial charge in [-0.2, -0.15) is 0 Å². The number of thiazole rings is 1. The molecule has 1 heterocycles. The van der Waals surface area contributed by atoms with E-state index in [0.29, 0.717) is 17.2 Å². The third-order valence-electron chi connectivity index (χ3n) is 2.73. The lowest BCUT2D eigenvalue weighted by Gasteiger charge is -2.05. The summed E-state index contributed by atoms with van der Waals surface area (Å²) in [6, 6.07) is 7.43. The number of aromatic carboxylic acids is 1. The average Bonchev–Trinajstić information content (AvgIpc) is 2.84. The largest absolute Gasteiger partial charge is 0.496 e. The molecule has 0 aliphatic carbocycles. The minimum Gasteiger partial charge on any atom is -0.496 e. The standard InChI is InChI=1S/C14H13NO4S/c1-8(16)12-13(14(17)18)20-11(15-12)7-9-5-3-4-6-10(9)19-2/h3-6H,7H2,1-2H3,(H,17,18). The molecule has 6 heteroatoms. The molecule has 0 saturated carbocycles. The highest BCUT2D eigenvalue weighted by Gasteiger charge is 2.20. The topological polar surface area (TPSA) is 76.5 Å². The number of ether oxygens (including phenoxy) is 1. The van der Waals surface area contributed by atoms with Crippen LogP contribution >= 0.6 is 11.3 Å². The Bertz CT molecular complexity index is 631. The van der Waals surface area contributed by atoms with Crippen LogP contribution in [0.15, 0.2) is 24.3 Å². The van der Waals surface area contributed by atoms with Gasteiger partial charge in [-0.15, -0.1) is 11.3 Å². The summed E-state index contributed by atoms with van der Waals surface area (Å²) < 4.78 is 5.24. The molecule has 2 aromatic rings. The summed E-state index contributed by atoms with van der Waals surface area (Å²) in [6.07, 6.45) is 0.433. The highest BCUT2D eigenvalue weighted by molar-refractivity contribution is 7.14. The van der Waals surface area contributed by atoms with Crippen LogP contribution in [0.3, 0.4) is 0 Å². The summed E-state index contributed by atoms with van der Waals surface area (Å²) >= 11 is 1.02. The van der Waals surface area contributed by atoms with Gasteiger partial charge in [0.2, 0.25) is 0 Å². The van der Waals surface area contributed by atoms with Crippen LogP contribution in [0.1, 0.15) is 37.7 Å². The van der Waals surface area contributed by atoms with Crippen molar-refractivity contribution in [1.29, 1.82) is 0 Å². The van der Waals surface area contributed by atoms with Crippen LogP contribution in [-0.2, 0) is 6.42 Å². The van der Waals surface area contributed by atoms with Crippen molar-refractivity contribution in [2.24, 2.45) is 0 Å². The molecule has 0 amide bonds. The Morgan fingerprint density at radius 2 is 2.05 bits per heavy atom. The third kappa shape index (κ3) is 2.85. The maximum absolute atomic E-state index is 11.4. The molecule has 1 aromatic carbocycles. The van der Waals surface area contributed by atoms with E-state index >= 15 is 0 Å². The number of ketones is 1. The second kappa shape index (κ2) is 5.83. The second-order valence-electron chi connectivity index (χ2n) is 4.14. The third-order valence-corrected chi connectivity index (χ3v) is 3.78. The summed E-state index contributed by atoms with van der Waals surface area (Å²) in [5.41, 5.74) is 0.920. The number of aromatic nitrogens is 1. The van der Waals surface area contributed by atoms with Gasteiger partial charge in [0.25, 0.3) is 0 Å². The predicted octanol–water partition coefficient (Wildman–Crippen LogP) is 2.64. The van der Waals surface area contributed by atoms with Gasteiger partial charge in [0.1, 0.15) is 16.3 Å². The van der Waals surface area contributed by atoms with Crippen LogP contribution in [0, 0.1) is 0 Å². The Morgan fingerprint density at radius 1 is 1.35 bits per heavy atom. The monoisotopic (exact) mass is 291 g/mol. The minimum absolute atomic E-state index is 0.0117. The molecule has 1 N–H and O–H groups in total. The van der Waals surface area contributed by atoms with Gasteiger partial charge >= 0.3 is 5.97 Å². The first-order valence-electron chi connectivity index (χ1n) is 5.88. The SMILES string of the molecule is COc1ccccc1Cc1nc(C(C)=O)c(C(=O)O)s1. The fourth-order valence-electron chi connectivity index (χ4n) is 1.84. The molecule has 0 atom stereocenters. The molecule has 1 aromatic heterocycles. The number of carbonyl (C=O) groups is 2. The molecule has 0 saturated heterocycles. The van der Waals surface area contributed by atoms with E-state index in [4.69, 9.17) is 9.84 Å². The van der Waals surface area contributed by atoms with Crippen LogP contribution in [0.2, 0.25) is 0 Å². The van der Waals surface area contributed by atoms with Gasteiger partial charge in [-0.3, -0.25) is 4.79 Å². The quantitative estimate of drug-likeness (QED) is 0.857. The van der Waals surface area contributed by atoms with Crippen molar-refractivity contribution >= 4 is 23.1 Å². The molecule has 0 unspecified atom stereocenters. The number of Topliss-reactive ketones (excluding diaryl/α,β-unsaturated/α-hetero) is 1. The van der Waals surface area contributed by atoms with Crippen LogP contribution in [0.5, 0.6) is 5.75 Å². The first kappa shape index (κ1) is 14.2. The van der Waals surface area contributed by atoms with Crippen molar-refractivity contribution in [2.75, 3.05) is 7.11 Å². The molecule has 20 heavy (non-hydrogen) atoms. The van der Waals surface area contributed by atoms with E-state index in [2.05, 4.69) is 4.98 Å². The minimum atomic E-state index is -1.13. The number of methoxy groups -OCH3 is 1. The Hall–Kier alpha value is -2.21. The summed E-state index contributed by atoms with van der Waals surface area (Å²) in [6.45, 7) is 1.31. The number of carboxylic acid groups (broad SMARTS) is 1. The average molecular weight is 291 g/mol. The van der Waals surface area contributed by atoms with Crippen molar-refractivity contribution in [3.63, 3.8) is 0 Å². The summed E-state index contributed by atoms with van der Waals surface area (Å²) in [7, 11) is 1.57. The molecular formula is C14H13NO4S. The van der Waals surface area contributed by atoms with E-state index < -0.39 is 5.97 Å². The van der Waals surface area contributed by atoms with E-state index in [9.17, 15) is 9.59 Å². The molecule has 0 aliphatic heterocycles. The Balaban J connectivity index is 2.37. The maximum atomic E-state index is 11.4. The molecule has 2 rings (SSSR count). The number of hydrogen-bond donors (Lipinski definition) is 1. The van der Waals surface area contributed by atoms with E-state index in [1.165, 1.54) is 6.92 Å². The Morgan fingerprint density at radius 3 is 2.60 bits per heavy atom. The molecule has 0 fully saturated rings. The van der Waals surface area contributed by atoms with Gasteiger partial charge in [-0.1, -0.05) is 18.2 Å². The smallest absolute Gasteiger partial charge is 0.348 e. The van der Waals surface area contributed by atoms with Crippen molar-refractivity contribution in [3.8, 4) is 5.75 Å². The zero-order valence-electron chi connectivity index (χ0n) is 11.0. The molecule has 104 valence electrons. The summed E-state index contributed by atoms with van der Waals surface area (Å²) in [5.74, 6) is -0.757. The zero-order valence-corrected chi connectivity index (χ0v) is 11.9. The highest BCUT2D eigenvalue weighted by Crippen LogP contribution is 2.25. The molecule has 5 nitrogen and oxygen atoms in total. The van der Waals surface area contributed by atoms with Crippen molar-refractivity contribution in [2.45, 2.75) is 13.3 Å². The molecule has 0 aliphatic rings. The van der Waals surface area contributed by atoms with Crippen LogP contribution in [0.25, 0.3) is 0 Å². The second-order valence-corrected chi connectivity index (χ2v) is 5.22. The highest BCUT2D eigenvalue weighted by atomic mass is 32.1. The molecule has 0 spiro atoms. The fraction of sp³-hybridized carbons (Fsp3) is 0.214. The van der Waals surface area contributed by atoms with E-state index in [1.54, 1.807) is 7.11 Å². The lowest BCUT2D eigenvalue weighted by molar-refractivity contribution is 0.0697. The van der Waals surface area contributed by atoms with Crippen molar-refractivity contribution in [1.82, 2.24) is 4.98 Å². The van der Waals surface area contributed by atoms with E-state index in [0.717, 1.165) is 16.9 Å². The summed E-state index contributed by atoms with van der Waals surface area (Å²) in [4.78, 5) is 26.6. The molecule has 0 radical (unpaired) electrons. The van der Waals surface area contributed by atoms with E-state index in [1.807, 2.05) is 24.3 Å². The van der Waals surface area contributed by atoms with Gasteiger partial charge in [-0.05, 0) is 6.07 Å². The van der Waals surface area contributed by atoms with Gasteiger partial charge in [0.05, 0.1) is 12.1 Å². The van der Waals surface area contributed by atoms with Crippen LogP contribution in [0.4, 0.5) is 0 Å². The van der Waals surface area contributed by atoms with Crippen LogP contribution in [-0.4, -0.2) is 29.0 Å². The van der Waals surface area contributed by atoms with Crippen LogP contribution < -0.4 is 4.74 Å². The number of rotatable bonds is 5. The van der Waals surface area contributed by atoms with Gasteiger partial charge in [0, 0.05) is 18.9 Å². The van der Waals surface area contributed by atoms with Gasteiger partial charge in [0.15, 0.2) is 5.78 Å². The first-order valence-corrected chi connectivity index (χ1v) is 6.70. The van der Waals surface area contributed by atoms with Gasteiger partial charge < -0.3 is 9.84 Å². The van der Waals surface area contributed by atoms with Gasteiger partial charge in [-0.25, -0.2) is 9.78 Å². The fourth-order valence-corrected chi connectivity index (χ4v) is 2.81. The lowest BCUT2D eigenvalue weighted by Crippen LogP contribution is -2.03. The normalized spacial score (nSPS) is 10.3. The number of para-hydroxylation sites is 1. The van der Waals surface area contributed by atoms with Crippen molar-refractivity contribution < 1.29 is 19.4 Å². The molecular weight excluding hydrogens is 278 g/mol. The Kier molecular flexibility index (Phi) is 4.14. The number of nitrogens with zero attached hydrogens (tertiary/aromatic N) is 1. The lowest BCUT2D eigenvalue weighted by atomic mass is 10.1. The zero-order chi connectivity index (χ0) is 14.7. The van der Waals surface area contributed by atoms with E-state index in [-0.39, 0.29) is 16.4 Å².